The minimum Gasteiger partial charge on any atom is -0.298 e. The average Bonchev–Trinajstić information content (AvgIpc) is 2.61. The first kappa shape index (κ1) is 13.2. The van der Waals surface area contributed by atoms with E-state index in [0.29, 0.717) is 0 Å². The Hall–Kier alpha value is -1.78. The van der Waals surface area contributed by atoms with Crippen LogP contribution in [0.4, 0.5) is 0 Å². The van der Waals surface area contributed by atoms with E-state index >= 15 is 0 Å². The lowest BCUT2D eigenvalue weighted by Gasteiger charge is -2.07. The zero-order valence-electron chi connectivity index (χ0n) is 10.9. The van der Waals surface area contributed by atoms with Crippen LogP contribution in [0.1, 0.15) is 4.79 Å². The molecular formula is C15H13ClN2OS. The van der Waals surface area contributed by atoms with Gasteiger partial charge < -0.3 is 0 Å². The van der Waals surface area contributed by atoms with E-state index in [2.05, 4.69) is 3.96 Å². The molecule has 0 spiro atoms. The van der Waals surface area contributed by atoms with Crippen molar-refractivity contribution in [2.75, 3.05) is 5.88 Å². The number of rotatable bonds is 1. The van der Waals surface area contributed by atoms with Crippen LogP contribution in [-0.2, 0) is 7.05 Å². The SMILES string of the molecule is Cn1sc2ccccc2n(C(=O)CCl)c2ccccc21. The molecule has 0 amide bonds. The third kappa shape index (κ3) is 2.11. The van der Waals surface area contributed by atoms with Crippen LogP contribution in [0, 0.1) is 0 Å². The molecule has 5 heteroatoms. The molecule has 3 nitrogen and oxygen atoms in total. The van der Waals surface area contributed by atoms with Crippen LogP contribution in [-0.4, -0.2) is 20.3 Å². The van der Waals surface area contributed by atoms with Gasteiger partial charge in [0.1, 0.15) is 5.88 Å². The van der Waals surface area contributed by atoms with Crippen LogP contribution in [0.25, 0.3) is 21.3 Å². The van der Waals surface area contributed by atoms with E-state index in [1.165, 1.54) is 0 Å². The van der Waals surface area contributed by atoms with Gasteiger partial charge in [-0.2, -0.15) is 0 Å². The zero-order chi connectivity index (χ0) is 14.1. The van der Waals surface area contributed by atoms with Crippen molar-refractivity contribution >= 4 is 50.3 Å². The molecule has 0 saturated carbocycles. The largest absolute Gasteiger partial charge is 0.298 e. The number of halogens is 1. The number of carbonyl (C=O) groups excluding carboxylic acids is 1. The van der Waals surface area contributed by atoms with Gasteiger partial charge in [-0.1, -0.05) is 35.8 Å². The summed E-state index contributed by atoms with van der Waals surface area (Å²) in [6, 6.07) is 15.7. The highest BCUT2D eigenvalue weighted by atomic mass is 35.5. The first-order valence-electron chi connectivity index (χ1n) is 6.21. The summed E-state index contributed by atoms with van der Waals surface area (Å²) < 4.78 is 4.80. The van der Waals surface area contributed by atoms with Gasteiger partial charge in [0, 0.05) is 7.05 Å². The van der Waals surface area contributed by atoms with Crippen LogP contribution in [0.15, 0.2) is 48.5 Å². The lowest BCUT2D eigenvalue weighted by atomic mass is 10.2. The summed E-state index contributed by atoms with van der Waals surface area (Å²) in [5.74, 6) is -0.167. The number of aryl methyl sites for hydroxylation is 1. The molecule has 2 aromatic carbocycles. The molecule has 0 radical (unpaired) electrons. The Morgan fingerprint density at radius 3 is 2.35 bits per heavy atom. The minimum atomic E-state index is -0.123. The number of carbonyl (C=O) groups is 1. The van der Waals surface area contributed by atoms with Gasteiger partial charge in [-0.3, -0.25) is 13.3 Å². The van der Waals surface area contributed by atoms with Crippen LogP contribution in [0.3, 0.4) is 0 Å². The van der Waals surface area contributed by atoms with Crippen molar-refractivity contribution in [1.29, 1.82) is 0 Å². The lowest BCUT2D eigenvalue weighted by Crippen LogP contribution is -2.13. The van der Waals surface area contributed by atoms with Gasteiger partial charge in [0.2, 0.25) is 5.91 Å². The zero-order valence-corrected chi connectivity index (χ0v) is 12.5. The molecule has 0 aliphatic heterocycles. The van der Waals surface area contributed by atoms with Crippen LogP contribution in [0.2, 0.25) is 0 Å². The fraction of sp³-hybridized carbons (Fsp3) is 0.133. The molecule has 0 N–H and O–H groups in total. The van der Waals surface area contributed by atoms with Gasteiger partial charge in [-0.15, -0.1) is 11.6 Å². The highest BCUT2D eigenvalue weighted by Crippen LogP contribution is 2.23. The second-order valence-electron chi connectivity index (χ2n) is 4.41. The predicted octanol–water partition coefficient (Wildman–Crippen LogP) is 4.20. The normalized spacial score (nSPS) is 10.9. The third-order valence-corrected chi connectivity index (χ3v) is 4.41. The van der Waals surface area contributed by atoms with Crippen molar-refractivity contribution in [1.82, 2.24) is 8.52 Å². The van der Waals surface area contributed by atoms with Crippen molar-refractivity contribution in [3.05, 3.63) is 48.5 Å². The Morgan fingerprint density at radius 1 is 1.05 bits per heavy atom. The standard InChI is InChI=1S/C15H13ClN2OS/c1-17-11-6-2-3-7-12(11)18(15(19)10-16)13-8-4-5-9-14(13)20-17/h2-9H,10H2,1H3. The van der Waals surface area contributed by atoms with Crippen molar-refractivity contribution in [2.45, 2.75) is 0 Å². The molecule has 0 atom stereocenters. The molecule has 102 valence electrons. The maximum atomic E-state index is 12.3. The molecule has 3 aromatic rings. The summed E-state index contributed by atoms with van der Waals surface area (Å²) >= 11 is 7.40. The van der Waals surface area contributed by atoms with Gasteiger partial charge in [0.15, 0.2) is 0 Å². The number of benzene rings is 2. The highest BCUT2D eigenvalue weighted by Gasteiger charge is 2.10. The number of fused-ring (bicyclic) bond motifs is 2. The first-order chi connectivity index (χ1) is 9.72. The van der Waals surface area contributed by atoms with Crippen LogP contribution in [0.5, 0.6) is 0 Å². The minimum absolute atomic E-state index is 0.0446. The van der Waals surface area contributed by atoms with Gasteiger partial charge in [0.25, 0.3) is 0 Å². The topological polar surface area (TPSA) is 26.9 Å². The molecule has 20 heavy (non-hydrogen) atoms. The second kappa shape index (κ2) is 5.31. The molecule has 0 bridgehead atoms. The maximum Gasteiger partial charge on any atom is 0.246 e. The molecule has 0 unspecified atom stereocenters. The summed E-state index contributed by atoms with van der Waals surface area (Å²) in [6.07, 6.45) is 0. The van der Waals surface area contributed by atoms with Gasteiger partial charge >= 0.3 is 0 Å². The Morgan fingerprint density at radius 2 is 1.65 bits per heavy atom. The lowest BCUT2D eigenvalue weighted by molar-refractivity contribution is 0.0949. The number of hydrogen-bond donors (Lipinski definition) is 0. The van der Waals surface area contributed by atoms with Gasteiger partial charge in [-0.25, -0.2) is 0 Å². The second-order valence-corrected chi connectivity index (χ2v) is 5.85. The van der Waals surface area contributed by atoms with Crippen molar-refractivity contribution in [3.8, 4) is 0 Å². The van der Waals surface area contributed by atoms with E-state index in [1.807, 2.05) is 55.6 Å². The number of hydrogen-bond acceptors (Lipinski definition) is 2. The Labute approximate surface area is 125 Å². The Bertz CT molecular complexity index is 842. The average molecular weight is 305 g/mol. The summed E-state index contributed by atoms with van der Waals surface area (Å²) in [7, 11) is 1.99. The summed E-state index contributed by atoms with van der Waals surface area (Å²) in [5.41, 5.74) is 2.73. The van der Waals surface area contributed by atoms with E-state index in [9.17, 15) is 4.79 Å². The Balaban J connectivity index is 2.64. The number of para-hydroxylation sites is 3. The van der Waals surface area contributed by atoms with E-state index in [-0.39, 0.29) is 11.8 Å². The summed E-state index contributed by atoms with van der Waals surface area (Å²) in [4.78, 5) is 12.3. The Kier molecular flexibility index (Phi) is 3.51. The van der Waals surface area contributed by atoms with Gasteiger partial charge in [-0.05, 0) is 24.3 Å². The molecule has 0 saturated heterocycles. The predicted molar refractivity (Wildman–Crippen MR) is 85.3 cm³/mol. The third-order valence-electron chi connectivity index (χ3n) is 3.17. The number of nitrogens with zero attached hydrogens (tertiary/aromatic N) is 2. The van der Waals surface area contributed by atoms with Crippen LogP contribution >= 0.6 is 23.1 Å². The van der Waals surface area contributed by atoms with Crippen LogP contribution < -0.4 is 0 Å². The first-order valence-corrected chi connectivity index (χ1v) is 7.52. The fourth-order valence-corrected chi connectivity index (χ4v) is 3.35. The highest BCUT2D eigenvalue weighted by molar-refractivity contribution is 7.13. The molecule has 3 rings (SSSR count). The fourth-order valence-electron chi connectivity index (χ4n) is 2.29. The quantitative estimate of drug-likeness (QED) is 0.619. The van der Waals surface area contributed by atoms with Crippen molar-refractivity contribution < 1.29 is 4.79 Å². The molecule has 0 aliphatic rings. The molecule has 1 aromatic heterocycles. The van der Waals surface area contributed by atoms with Gasteiger partial charge in [0.05, 0.1) is 21.3 Å². The maximum absolute atomic E-state index is 12.3. The molecule has 1 heterocycles. The monoisotopic (exact) mass is 304 g/mol. The van der Waals surface area contributed by atoms with E-state index in [1.54, 1.807) is 16.1 Å². The molecule has 0 fully saturated rings. The molecular weight excluding hydrogens is 292 g/mol. The summed E-state index contributed by atoms with van der Waals surface area (Å²) in [6.45, 7) is 0. The van der Waals surface area contributed by atoms with Crippen molar-refractivity contribution in [3.63, 3.8) is 0 Å². The van der Waals surface area contributed by atoms with E-state index in [4.69, 9.17) is 11.6 Å². The smallest absolute Gasteiger partial charge is 0.246 e. The number of alkyl halides is 1. The molecule has 0 aliphatic carbocycles. The van der Waals surface area contributed by atoms with Crippen molar-refractivity contribution in [2.24, 2.45) is 7.05 Å². The van der Waals surface area contributed by atoms with E-state index < -0.39 is 0 Å². The number of aromatic nitrogens is 2. The van der Waals surface area contributed by atoms with E-state index in [0.717, 1.165) is 21.3 Å². The summed E-state index contributed by atoms with van der Waals surface area (Å²) in [5, 5.41) is 0.